The van der Waals surface area contributed by atoms with Crippen LogP contribution in [-0.4, -0.2) is 29.5 Å². The lowest BCUT2D eigenvalue weighted by Gasteiger charge is -2.31. The molecule has 2 amide bonds. The molecular formula is C20H24FN3O. The second kappa shape index (κ2) is 7.64. The summed E-state index contributed by atoms with van der Waals surface area (Å²) in [6, 6.07) is 12.3. The Balaban J connectivity index is 1.63. The van der Waals surface area contributed by atoms with Crippen LogP contribution in [0.4, 0.5) is 9.18 Å². The highest BCUT2D eigenvalue weighted by Gasteiger charge is 2.36. The number of nitrogens with zero attached hydrogens (tertiary/aromatic N) is 2. The van der Waals surface area contributed by atoms with Gasteiger partial charge in [0.15, 0.2) is 0 Å². The van der Waals surface area contributed by atoms with E-state index in [9.17, 15) is 9.18 Å². The lowest BCUT2D eigenvalue weighted by molar-refractivity contribution is 0.202. The van der Waals surface area contributed by atoms with Gasteiger partial charge in [-0.05, 0) is 42.7 Å². The summed E-state index contributed by atoms with van der Waals surface area (Å²) in [7, 11) is 1.77. The summed E-state index contributed by atoms with van der Waals surface area (Å²) in [5.41, 5.74) is 1.88. The Morgan fingerprint density at radius 2 is 1.92 bits per heavy atom. The highest BCUT2D eigenvalue weighted by Crippen LogP contribution is 2.40. The van der Waals surface area contributed by atoms with E-state index in [-0.39, 0.29) is 17.3 Å². The minimum Gasteiger partial charge on any atom is -0.337 e. The first kappa shape index (κ1) is 17.4. The summed E-state index contributed by atoms with van der Waals surface area (Å²) in [6.45, 7) is 1.04. The average molecular weight is 341 g/mol. The predicted molar refractivity (Wildman–Crippen MR) is 95.6 cm³/mol. The van der Waals surface area contributed by atoms with E-state index in [4.69, 9.17) is 0 Å². The molecule has 1 aliphatic rings. The maximum atomic E-state index is 13.2. The Labute approximate surface area is 148 Å². The van der Waals surface area contributed by atoms with Crippen molar-refractivity contribution < 1.29 is 9.18 Å². The van der Waals surface area contributed by atoms with Gasteiger partial charge in [0, 0.05) is 25.2 Å². The van der Waals surface area contributed by atoms with Crippen LogP contribution in [0.3, 0.4) is 0 Å². The summed E-state index contributed by atoms with van der Waals surface area (Å²) >= 11 is 0. The molecule has 0 atom stereocenters. The van der Waals surface area contributed by atoms with Gasteiger partial charge in [0.2, 0.25) is 0 Å². The number of pyridine rings is 1. The molecule has 4 nitrogen and oxygen atoms in total. The van der Waals surface area contributed by atoms with Crippen molar-refractivity contribution in [3.63, 3.8) is 0 Å². The number of hydrogen-bond acceptors (Lipinski definition) is 2. The van der Waals surface area contributed by atoms with Gasteiger partial charge in [0.1, 0.15) is 5.82 Å². The van der Waals surface area contributed by atoms with Crippen molar-refractivity contribution in [2.45, 2.75) is 37.6 Å². The second-order valence-electron chi connectivity index (χ2n) is 6.83. The zero-order valence-corrected chi connectivity index (χ0v) is 14.5. The molecule has 0 spiro atoms. The third kappa shape index (κ3) is 4.16. The van der Waals surface area contributed by atoms with Gasteiger partial charge in [0.05, 0.1) is 12.2 Å². The van der Waals surface area contributed by atoms with E-state index in [1.165, 1.54) is 12.1 Å². The van der Waals surface area contributed by atoms with Gasteiger partial charge in [-0.3, -0.25) is 4.98 Å². The Hall–Kier alpha value is -2.43. The van der Waals surface area contributed by atoms with Crippen LogP contribution in [0.2, 0.25) is 0 Å². The molecule has 0 unspecified atom stereocenters. The molecule has 1 aromatic heterocycles. The van der Waals surface area contributed by atoms with Crippen LogP contribution in [0, 0.1) is 5.82 Å². The molecule has 0 bridgehead atoms. The zero-order chi connectivity index (χ0) is 17.7. The molecule has 5 heteroatoms. The summed E-state index contributed by atoms with van der Waals surface area (Å²) in [6.07, 6.45) is 6.03. The molecule has 0 aliphatic heterocycles. The fourth-order valence-corrected chi connectivity index (χ4v) is 3.61. The molecule has 1 N–H and O–H groups in total. The summed E-state index contributed by atoms with van der Waals surface area (Å²) < 4.78 is 13.2. The fraction of sp³-hybridized carbons (Fsp3) is 0.400. The van der Waals surface area contributed by atoms with E-state index in [1.54, 1.807) is 18.1 Å². The first-order valence-electron chi connectivity index (χ1n) is 8.74. The zero-order valence-electron chi connectivity index (χ0n) is 14.5. The number of amides is 2. The van der Waals surface area contributed by atoms with E-state index in [1.807, 2.05) is 30.3 Å². The SMILES string of the molecule is CN(Cc1ccccn1)C(=O)NCC1(c2ccc(F)cc2)CCCC1. The molecule has 1 aliphatic carbocycles. The van der Waals surface area contributed by atoms with Crippen molar-refractivity contribution in [1.82, 2.24) is 15.2 Å². The maximum Gasteiger partial charge on any atom is 0.317 e. The van der Waals surface area contributed by atoms with Crippen molar-refractivity contribution in [3.05, 3.63) is 65.7 Å². The average Bonchev–Trinajstić information content (AvgIpc) is 3.11. The van der Waals surface area contributed by atoms with Crippen LogP contribution in [0.5, 0.6) is 0 Å². The van der Waals surface area contributed by atoms with Crippen LogP contribution < -0.4 is 5.32 Å². The molecule has 1 saturated carbocycles. The van der Waals surface area contributed by atoms with Gasteiger partial charge in [0.25, 0.3) is 0 Å². The molecule has 2 aromatic rings. The third-order valence-electron chi connectivity index (χ3n) is 5.07. The molecule has 3 rings (SSSR count). The van der Waals surface area contributed by atoms with Gasteiger partial charge < -0.3 is 10.2 Å². The van der Waals surface area contributed by atoms with Gasteiger partial charge in [-0.25, -0.2) is 9.18 Å². The molecule has 25 heavy (non-hydrogen) atoms. The van der Waals surface area contributed by atoms with E-state index in [0.29, 0.717) is 13.1 Å². The second-order valence-corrected chi connectivity index (χ2v) is 6.83. The smallest absolute Gasteiger partial charge is 0.317 e. The number of aromatic nitrogens is 1. The monoisotopic (exact) mass is 341 g/mol. The molecule has 0 saturated heterocycles. The number of carbonyl (C=O) groups is 1. The minimum atomic E-state index is -0.226. The molecule has 1 fully saturated rings. The van der Waals surface area contributed by atoms with Gasteiger partial charge in [-0.2, -0.15) is 0 Å². The summed E-state index contributed by atoms with van der Waals surface area (Å²) in [4.78, 5) is 18.3. The summed E-state index contributed by atoms with van der Waals surface area (Å²) in [5.74, 6) is -0.226. The van der Waals surface area contributed by atoms with Crippen LogP contribution >= 0.6 is 0 Å². The van der Waals surface area contributed by atoms with E-state index >= 15 is 0 Å². The standard InChI is InChI=1S/C20H24FN3O/c1-24(14-18-6-2-5-13-22-18)19(25)23-15-20(11-3-4-12-20)16-7-9-17(21)10-8-16/h2,5-10,13H,3-4,11-12,14-15H2,1H3,(H,23,25). The van der Waals surface area contributed by atoms with Crippen molar-refractivity contribution >= 4 is 6.03 Å². The summed E-state index contributed by atoms with van der Waals surface area (Å²) in [5, 5.41) is 3.06. The quantitative estimate of drug-likeness (QED) is 0.897. The molecule has 1 aromatic carbocycles. The molecular weight excluding hydrogens is 317 g/mol. The Kier molecular flexibility index (Phi) is 5.31. The Bertz CT molecular complexity index is 697. The van der Waals surface area contributed by atoms with Crippen LogP contribution in [0.25, 0.3) is 0 Å². The van der Waals surface area contributed by atoms with Crippen molar-refractivity contribution in [2.75, 3.05) is 13.6 Å². The van der Waals surface area contributed by atoms with Gasteiger partial charge in [-0.1, -0.05) is 31.0 Å². The highest BCUT2D eigenvalue weighted by atomic mass is 19.1. The van der Waals surface area contributed by atoms with E-state index < -0.39 is 0 Å². The molecule has 1 heterocycles. The molecule has 0 radical (unpaired) electrons. The maximum absolute atomic E-state index is 13.2. The normalized spacial score (nSPS) is 15.8. The topological polar surface area (TPSA) is 45.2 Å². The number of rotatable bonds is 5. The van der Waals surface area contributed by atoms with E-state index in [2.05, 4.69) is 10.3 Å². The lowest BCUT2D eigenvalue weighted by Crippen LogP contribution is -2.44. The lowest BCUT2D eigenvalue weighted by atomic mass is 9.79. The number of urea groups is 1. The number of hydrogen-bond donors (Lipinski definition) is 1. The number of halogens is 1. The first-order chi connectivity index (χ1) is 12.1. The first-order valence-corrected chi connectivity index (χ1v) is 8.74. The third-order valence-corrected chi connectivity index (χ3v) is 5.07. The number of nitrogens with one attached hydrogen (secondary N) is 1. The van der Waals surface area contributed by atoms with Crippen molar-refractivity contribution in [3.8, 4) is 0 Å². The molecule has 132 valence electrons. The van der Waals surface area contributed by atoms with Crippen LogP contribution in [0.15, 0.2) is 48.7 Å². The minimum absolute atomic E-state index is 0.0881. The Morgan fingerprint density at radius 3 is 2.56 bits per heavy atom. The number of carbonyl (C=O) groups excluding carboxylic acids is 1. The van der Waals surface area contributed by atoms with Gasteiger partial charge >= 0.3 is 6.03 Å². The van der Waals surface area contributed by atoms with Crippen LogP contribution in [0.1, 0.15) is 36.9 Å². The Morgan fingerprint density at radius 1 is 1.20 bits per heavy atom. The van der Waals surface area contributed by atoms with Gasteiger partial charge in [-0.15, -0.1) is 0 Å². The van der Waals surface area contributed by atoms with E-state index in [0.717, 1.165) is 36.9 Å². The predicted octanol–water partition coefficient (Wildman–Crippen LogP) is 3.87. The largest absolute Gasteiger partial charge is 0.337 e. The van der Waals surface area contributed by atoms with Crippen molar-refractivity contribution in [1.29, 1.82) is 0 Å². The highest BCUT2D eigenvalue weighted by molar-refractivity contribution is 5.74. The fourth-order valence-electron chi connectivity index (χ4n) is 3.61. The van der Waals surface area contributed by atoms with Crippen LogP contribution in [-0.2, 0) is 12.0 Å². The number of benzene rings is 1. The van der Waals surface area contributed by atoms with Crippen molar-refractivity contribution in [2.24, 2.45) is 0 Å².